The molecule has 0 spiro atoms. The minimum Gasteiger partial charge on any atom is -0.550 e. The Bertz CT molecular complexity index is 900. The first-order valence-electron chi connectivity index (χ1n) is 7.90. The molecule has 2 saturated heterocycles. The van der Waals surface area contributed by atoms with Crippen molar-refractivity contribution in [2.24, 2.45) is 4.99 Å². The molecule has 1 amide bonds. The van der Waals surface area contributed by atoms with Gasteiger partial charge < -0.3 is 14.8 Å². The molecule has 0 radical (unpaired) electrons. The van der Waals surface area contributed by atoms with Crippen LogP contribution in [0.25, 0.3) is 0 Å². The largest absolute Gasteiger partial charge is 0.550 e. The van der Waals surface area contributed by atoms with Crippen LogP contribution in [0.4, 0.5) is 5.69 Å². The lowest BCUT2D eigenvalue weighted by atomic mass is 10.1. The minimum absolute atomic E-state index is 0.0186. The van der Waals surface area contributed by atoms with Crippen molar-refractivity contribution in [3.8, 4) is 0 Å². The highest BCUT2D eigenvalue weighted by atomic mass is 35.5. The summed E-state index contributed by atoms with van der Waals surface area (Å²) in [6, 6.07) is 4.92. The van der Waals surface area contributed by atoms with Crippen LogP contribution in [0.5, 0.6) is 0 Å². The van der Waals surface area contributed by atoms with E-state index in [-0.39, 0.29) is 29.2 Å². The maximum absolute atomic E-state index is 12.0. The summed E-state index contributed by atoms with van der Waals surface area (Å²) < 4.78 is 24.1. The van der Waals surface area contributed by atoms with Crippen LogP contribution in [0.1, 0.15) is 18.4 Å². The zero-order valence-electron chi connectivity index (χ0n) is 13.8. The van der Waals surface area contributed by atoms with Crippen LogP contribution in [0, 0.1) is 6.92 Å². The number of sulfone groups is 1. The molecule has 2 aliphatic heterocycles. The molecule has 0 saturated carbocycles. The number of fused-ring (bicyclic) bond motifs is 1. The van der Waals surface area contributed by atoms with Gasteiger partial charge in [0, 0.05) is 28.4 Å². The number of hydrogen-bond donors (Lipinski definition) is 0. The van der Waals surface area contributed by atoms with Crippen molar-refractivity contribution in [1.29, 1.82) is 0 Å². The molecule has 7 nitrogen and oxygen atoms in total. The van der Waals surface area contributed by atoms with Gasteiger partial charge in [-0.15, -0.1) is 0 Å². The first-order chi connectivity index (χ1) is 12.2. The number of hydrogen-bond acceptors (Lipinski definition) is 6. The molecule has 10 heteroatoms. The molecule has 0 N–H and O–H groups in total. The van der Waals surface area contributed by atoms with Crippen LogP contribution in [0.3, 0.4) is 0 Å². The first-order valence-corrected chi connectivity index (χ1v) is 11.0. The van der Waals surface area contributed by atoms with Gasteiger partial charge in [-0.05, 0) is 31.0 Å². The smallest absolute Gasteiger partial charge is 0.248 e. The van der Waals surface area contributed by atoms with Crippen LogP contribution < -0.4 is 10.0 Å². The lowest BCUT2D eigenvalue weighted by Crippen LogP contribution is -2.38. The molecular formula is C16H16ClN2O5S2-. The fraction of sp³-hybridized carbons (Fsp3) is 0.438. The van der Waals surface area contributed by atoms with E-state index < -0.39 is 28.1 Å². The van der Waals surface area contributed by atoms with Crippen molar-refractivity contribution in [2.75, 3.05) is 16.4 Å². The number of amidine groups is 1. The van der Waals surface area contributed by atoms with Gasteiger partial charge in [0.1, 0.15) is 0 Å². The van der Waals surface area contributed by atoms with Gasteiger partial charge in [-0.2, -0.15) is 4.99 Å². The maximum Gasteiger partial charge on any atom is 0.248 e. The van der Waals surface area contributed by atoms with Gasteiger partial charge in [-0.25, -0.2) is 8.42 Å². The normalized spacial score (nSPS) is 25.5. The van der Waals surface area contributed by atoms with E-state index in [1.807, 2.05) is 13.0 Å². The number of carboxylic acids is 1. The Balaban J connectivity index is 1.97. The molecule has 2 fully saturated rings. The fourth-order valence-electron chi connectivity index (χ4n) is 3.06. The number of rotatable bonds is 4. The van der Waals surface area contributed by atoms with Crippen LogP contribution in [-0.4, -0.2) is 48.3 Å². The monoisotopic (exact) mass is 415 g/mol. The van der Waals surface area contributed by atoms with Gasteiger partial charge in [0.15, 0.2) is 15.0 Å². The zero-order valence-corrected chi connectivity index (χ0v) is 16.2. The number of amides is 1. The van der Waals surface area contributed by atoms with E-state index in [1.165, 1.54) is 11.8 Å². The SMILES string of the molecule is Cc1ccc(Cl)cc1N1C(=NC(=O)CCC(=O)[O-])S[C@H]2CS(=O)(=O)C[C@H]21. The Labute approximate surface area is 160 Å². The van der Waals surface area contributed by atoms with Crippen molar-refractivity contribution in [2.45, 2.75) is 31.1 Å². The predicted octanol–water partition coefficient (Wildman–Crippen LogP) is 0.780. The van der Waals surface area contributed by atoms with Gasteiger partial charge in [0.2, 0.25) is 5.91 Å². The van der Waals surface area contributed by atoms with Crippen molar-refractivity contribution in [1.82, 2.24) is 0 Å². The lowest BCUT2D eigenvalue weighted by Gasteiger charge is -2.26. The van der Waals surface area contributed by atoms with Gasteiger partial charge >= 0.3 is 0 Å². The zero-order chi connectivity index (χ0) is 19.1. The van der Waals surface area contributed by atoms with E-state index in [1.54, 1.807) is 17.0 Å². The number of anilines is 1. The average molecular weight is 416 g/mol. The van der Waals surface area contributed by atoms with Gasteiger partial charge in [0.05, 0.1) is 17.5 Å². The molecule has 0 unspecified atom stereocenters. The summed E-state index contributed by atoms with van der Waals surface area (Å²) in [6.45, 7) is 1.86. The summed E-state index contributed by atoms with van der Waals surface area (Å²) in [5.74, 6) is -1.90. The highest BCUT2D eigenvalue weighted by Gasteiger charge is 2.49. The van der Waals surface area contributed by atoms with Gasteiger partial charge in [-0.1, -0.05) is 29.4 Å². The summed E-state index contributed by atoms with van der Waals surface area (Å²) in [4.78, 5) is 28.3. The predicted molar refractivity (Wildman–Crippen MR) is 99.2 cm³/mol. The number of thioether (sulfide) groups is 1. The number of aryl methyl sites for hydroxylation is 1. The Kier molecular flexibility index (Phi) is 5.32. The lowest BCUT2D eigenvalue weighted by molar-refractivity contribution is -0.305. The summed E-state index contributed by atoms with van der Waals surface area (Å²) >= 11 is 7.33. The van der Waals surface area contributed by atoms with Crippen LogP contribution in [-0.2, 0) is 19.4 Å². The van der Waals surface area contributed by atoms with Gasteiger partial charge in [0.25, 0.3) is 0 Å². The number of carbonyl (C=O) groups excluding carboxylic acids is 2. The van der Waals surface area contributed by atoms with Crippen molar-refractivity contribution in [3.63, 3.8) is 0 Å². The Morgan fingerprint density at radius 1 is 1.35 bits per heavy atom. The number of nitrogens with zero attached hydrogens (tertiary/aromatic N) is 2. The molecule has 26 heavy (non-hydrogen) atoms. The third-order valence-corrected chi connectivity index (χ3v) is 7.71. The molecule has 140 valence electrons. The highest BCUT2D eigenvalue weighted by molar-refractivity contribution is 8.16. The van der Waals surface area contributed by atoms with E-state index in [4.69, 9.17) is 11.6 Å². The summed E-state index contributed by atoms with van der Waals surface area (Å²) in [5, 5.41) is 11.2. The van der Waals surface area contributed by atoms with Crippen LogP contribution in [0.15, 0.2) is 23.2 Å². The molecule has 2 aliphatic rings. The first kappa shape index (κ1) is 19.2. The minimum atomic E-state index is -3.16. The summed E-state index contributed by atoms with van der Waals surface area (Å²) in [6.07, 6.45) is -0.667. The number of halogens is 1. The molecule has 0 aromatic heterocycles. The number of benzene rings is 1. The van der Waals surface area contributed by atoms with E-state index in [2.05, 4.69) is 4.99 Å². The third-order valence-electron chi connectivity index (χ3n) is 4.26. The Hall–Kier alpha value is -1.58. The third kappa shape index (κ3) is 4.05. The number of carboxylic acid groups (broad SMARTS) is 1. The van der Waals surface area contributed by atoms with Gasteiger partial charge in [-0.3, -0.25) is 4.79 Å². The molecule has 0 aliphatic carbocycles. The second-order valence-corrected chi connectivity index (χ2v) is 10.1. The highest BCUT2D eigenvalue weighted by Crippen LogP contribution is 2.42. The number of aliphatic carboxylic acids is 1. The van der Waals surface area contributed by atoms with Crippen molar-refractivity contribution >= 4 is 55.9 Å². The second-order valence-electron chi connectivity index (χ2n) is 6.26. The standard InChI is InChI=1S/C16H17ClN2O5S2/c1-9-2-3-10(17)6-11(9)19-12-7-26(23,24)8-13(12)25-16(19)18-14(20)4-5-15(21)22/h2-3,6,12-13H,4-5,7-8H2,1H3,(H,21,22)/p-1/t12-,13+/m1/s1. The van der Waals surface area contributed by atoms with Crippen LogP contribution in [0.2, 0.25) is 5.02 Å². The second kappa shape index (κ2) is 7.21. The number of carbonyl (C=O) groups is 2. The topological polar surface area (TPSA) is 107 Å². The van der Waals surface area contributed by atoms with E-state index >= 15 is 0 Å². The molecular weight excluding hydrogens is 400 g/mol. The fourth-order valence-corrected chi connectivity index (χ4v) is 7.15. The maximum atomic E-state index is 12.0. The molecule has 1 aromatic rings. The Morgan fingerprint density at radius 3 is 2.77 bits per heavy atom. The molecule has 3 rings (SSSR count). The van der Waals surface area contributed by atoms with Crippen LogP contribution >= 0.6 is 23.4 Å². The number of aliphatic imine (C=N–C) groups is 1. The Morgan fingerprint density at radius 2 is 2.08 bits per heavy atom. The van der Waals surface area contributed by atoms with Crippen molar-refractivity contribution in [3.05, 3.63) is 28.8 Å². The van der Waals surface area contributed by atoms with E-state index in [9.17, 15) is 23.1 Å². The van der Waals surface area contributed by atoms with E-state index in [0.29, 0.717) is 15.9 Å². The average Bonchev–Trinajstić information content (AvgIpc) is 2.99. The quantitative estimate of drug-likeness (QED) is 0.715. The molecule has 1 aromatic carbocycles. The summed E-state index contributed by atoms with van der Waals surface area (Å²) in [5.41, 5.74) is 1.57. The molecule has 2 atom stereocenters. The molecule has 2 heterocycles. The summed E-state index contributed by atoms with van der Waals surface area (Å²) in [7, 11) is -3.16. The van der Waals surface area contributed by atoms with E-state index in [0.717, 1.165) is 5.56 Å². The molecule has 0 bridgehead atoms. The van der Waals surface area contributed by atoms with Crippen molar-refractivity contribution < 1.29 is 23.1 Å².